The highest BCUT2D eigenvalue weighted by atomic mass is 16.5. The van der Waals surface area contributed by atoms with Crippen molar-refractivity contribution in [2.75, 3.05) is 26.2 Å². The van der Waals surface area contributed by atoms with E-state index >= 15 is 0 Å². The molecule has 1 heterocycles. The first-order chi connectivity index (χ1) is 13.9. The van der Waals surface area contributed by atoms with Crippen molar-refractivity contribution in [1.82, 2.24) is 10.2 Å². The van der Waals surface area contributed by atoms with Crippen molar-refractivity contribution in [2.45, 2.75) is 19.2 Å². The summed E-state index contributed by atoms with van der Waals surface area (Å²) in [5.41, 5.74) is 5.19. The van der Waals surface area contributed by atoms with Crippen LogP contribution in [-0.4, -0.2) is 37.2 Å². The molecule has 28 heavy (non-hydrogen) atoms. The van der Waals surface area contributed by atoms with E-state index in [-0.39, 0.29) is 6.10 Å². The lowest BCUT2D eigenvalue weighted by molar-refractivity contribution is -0.0300. The molecule has 3 aromatic rings. The zero-order valence-electron chi connectivity index (χ0n) is 16.3. The Labute approximate surface area is 168 Å². The quantitative estimate of drug-likeness (QED) is 0.667. The SMILES string of the molecule is c1ccc(CN2CCOC(CNCc3ccc(-c4ccccc4)cc3)C2)cc1. The first-order valence-electron chi connectivity index (χ1n) is 10.1. The number of hydrogen-bond acceptors (Lipinski definition) is 3. The van der Waals surface area contributed by atoms with Gasteiger partial charge in [-0.15, -0.1) is 0 Å². The van der Waals surface area contributed by atoms with Crippen LogP contribution < -0.4 is 5.32 Å². The van der Waals surface area contributed by atoms with Crippen molar-refractivity contribution in [3.05, 3.63) is 96.1 Å². The molecule has 3 heteroatoms. The monoisotopic (exact) mass is 372 g/mol. The standard InChI is InChI=1S/C25H28N2O/c1-3-7-22(8-4-1)19-27-15-16-28-25(20-27)18-26-17-21-11-13-24(14-12-21)23-9-5-2-6-10-23/h1-14,25-26H,15-20H2. The molecule has 0 saturated carbocycles. The van der Waals surface area contributed by atoms with Crippen LogP contribution in [0.5, 0.6) is 0 Å². The molecule has 1 aliphatic rings. The summed E-state index contributed by atoms with van der Waals surface area (Å²) in [7, 11) is 0. The average molecular weight is 373 g/mol. The largest absolute Gasteiger partial charge is 0.374 e. The lowest BCUT2D eigenvalue weighted by atomic mass is 10.0. The molecule has 144 valence electrons. The molecule has 1 aliphatic heterocycles. The summed E-state index contributed by atoms with van der Waals surface area (Å²) in [4.78, 5) is 2.49. The van der Waals surface area contributed by atoms with E-state index in [2.05, 4.69) is 95.1 Å². The van der Waals surface area contributed by atoms with Gasteiger partial charge < -0.3 is 10.1 Å². The first-order valence-corrected chi connectivity index (χ1v) is 10.1. The van der Waals surface area contributed by atoms with Crippen LogP contribution in [0.25, 0.3) is 11.1 Å². The van der Waals surface area contributed by atoms with Gasteiger partial charge in [-0.05, 0) is 22.3 Å². The van der Waals surface area contributed by atoms with E-state index in [0.717, 1.165) is 39.3 Å². The van der Waals surface area contributed by atoms with Gasteiger partial charge in [-0.3, -0.25) is 4.90 Å². The van der Waals surface area contributed by atoms with Crippen molar-refractivity contribution in [2.24, 2.45) is 0 Å². The van der Waals surface area contributed by atoms with Gasteiger partial charge in [0.1, 0.15) is 0 Å². The molecule has 0 aliphatic carbocycles. The molecule has 3 nitrogen and oxygen atoms in total. The number of benzene rings is 3. The zero-order chi connectivity index (χ0) is 19.0. The number of nitrogens with zero attached hydrogens (tertiary/aromatic N) is 1. The lowest BCUT2D eigenvalue weighted by Crippen LogP contribution is -2.46. The van der Waals surface area contributed by atoms with E-state index in [1.807, 2.05) is 0 Å². The Kier molecular flexibility index (Phi) is 6.51. The maximum atomic E-state index is 5.96. The van der Waals surface area contributed by atoms with Crippen molar-refractivity contribution < 1.29 is 4.74 Å². The maximum Gasteiger partial charge on any atom is 0.0826 e. The van der Waals surface area contributed by atoms with Gasteiger partial charge in [0.05, 0.1) is 12.7 Å². The van der Waals surface area contributed by atoms with Gasteiger partial charge in [0.2, 0.25) is 0 Å². The Balaban J connectivity index is 1.23. The van der Waals surface area contributed by atoms with Crippen LogP contribution in [0.4, 0.5) is 0 Å². The molecule has 0 radical (unpaired) electrons. The minimum atomic E-state index is 0.251. The highest BCUT2D eigenvalue weighted by Gasteiger charge is 2.20. The van der Waals surface area contributed by atoms with Crippen LogP contribution in [0, 0.1) is 0 Å². The Morgan fingerprint density at radius 3 is 2.21 bits per heavy atom. The van der Waals surface area contributed by atoms with Crippen molar-refractivity contribution >= 4 is 0 Å². The number of ether oxygens (including phenoxy) is 1. The van der Waals surface area contributed by atoms with Crippen LogP contribution in [0.2, 0.25) is 0 Å². The lowest BCUT2D eigenvalue weighted by Gasteiger charge is -2.33. The van der Waals surface area contributed by atoms with Crippen molar-refractivity contribution in [1.29, 1.82) is 0 Å². The second-order valence-electron chi connectivity index (χ2n) is 7.41. The maximum absolute atomic E-state index is 5.96. The number of hydrogen-bond donors (Lipinski definition) is 1. The molecule has 0 amide bonds. The number of rotatable bonds is 7. The van der Waals surface area contributed by atoms with Crippen LogP contribution in [0.3, 0.4) is 0 Å². The fraction of sp³-hybridized carbons (Fsp3) is 0.280. The zero-order valence-corrected chi connectivity index (χ0v) is 16.3. The number of nitrogens with one attached hydrogen (secondary N) is 1. The third-order valence-corrected chi connectivity index (χ3v) is 5.23. The molecule has 0 spiro atoms. The second kappa shape index (κ2) is 9.65. The van der Waals surface area contributed by atoms with Crippen molar-refractivity contribution in [3.8, 4) is 11.1 Å². The molecule has 0 aromatic heterocycles. The molecular weight excluding hydrogens is 344 g/mol. The smallest absolute Gasteiger partial charge is 0.0826 e. The predicted molar refractivity (Wildman–Crippen MR) is 115 cm³/mol. The van der Waals surface area contributed by atoms with Gasteiger partial charge in [0.25, 0.3) is 0 Å². The summed E-state index contributed by atoms with van der Waals surface area (Å²) in [5, 5.41) is 3.56. The molecule has 1 N–H and O–H groups in total. The van der Waals surface area contributed by atoms with E-state index in [9.17, 15) is 0 Å². The van der Waals surface area contributed by atoms with Gasteiger partial charge in [-0.1, -0.05) is 84.9 Å². The molecule has 3 aromatic carbocycles. The molecular formula is C25H28N2O. The van der Waals surface area contributed by atoms with Gasteiger partial charge >= 0.3 is 0 Å². The van der Waals surface area contributed by atoms with E-state index in [1.165, 1.54) is 22.3 Å². The topological polar surface area (TPSA) is 24.5 Å². The third-order valence-electron chi connectivity index (χ3n) is 5.23. The predicted octanol–water partition coefficient (Wildman–Crippen LogP) is 4.34. The van der Waals surface area contributed by atoms with Crippen LogP contribution >= 0.6 is 0 Å². The minimum absolute atomic E-state index is 0.251. The summed E-state index contributed by atoms with van der Waals surface area (Å²) in [6.45, 7) is 5.55. The Morgan fingerprint density at radius 2 is 1.46 bits per heavy atom. The molecule has 1 unspecified atom stereocenters. The highest BCUT2D eigenvalue weighted by Crippen LogP contribution is 2.19. The van der Waals surface area contributed by atoms with Crippen molar-refractivity contribution in [3.63, 3.8) is 0 Å². The van der Waals surface area contributed by atoms with E-state index in [4.69, 9.17) is 4.74 Å². The summed E-state index contributed by atoms with van der Waals surface area (Å²) in [6.07, 6.45) is 0.251. The third kappa shape index (κ3) is 5.29. The molecule has 4 rings (SSSR count). The van der Waals surface area contributed by atoms with Crippen LogP contribution in [0.1, 0.15) is 11.1 Å². The Morgan fingerprint density at radius 1 is 0.786 bits per heavy atom. The fourth-order valence-electron chi connectivity index (χ4n) is 3.71. The summed E-state index contributed by atoms with van der Waals surface area (Å²) in [5.74, 6) is 0. The summed E-state index contributed by atoms with van der Waals surface area (Å²) >= 11 is 0. The Bertz CT molecular complexity index is 833. The van der Waals surface area contributed by atoms with Gasteiger partial charge in [-0.25, -0.2) is 0 Å². The number of morpholine rings is 1. The summed E-state index contributed by atoms with van der Waals surface area (Å²) in [6, 6.07) is 30.0. The van der Waals surface area contributed by atoms with Gasteiger partial charge in [-0.2, -0.15) is 0 Å². The molecule has 0 bridgehead atoms. The fourth-order valence-corrected chi connectivity index (χ4v) is 3.71. The van der Waals surface area contributed by atoms with E-state index < -0.39 is 0 Å². The average Bonchev–Trinajstić information content (AvgIpc) is 2.76. The van der Waals surface area contributed by atoms with Gasteiger partial charge in [0, 0.05) is 32.7 Å². The first kappa shape index (κ1) is 18.9. The molecule has 1 saturated heterocycles. The van der Waals surface area contributed by atoms with E-state index in [0.29, 0.717) is 0 Å². The normalized spacial score (nSPS) is 17.5. The van der Waals surface area contributed by atoms with Gasteiger partial charge in [0.15, 0.2) is 0 Å². The second-order valence-corrected chi connectivity index (χ2v) is 7.41. The molecule has 1 fully saturated rings. The van der Waals surface area contributed by atoms with Crippen LogP contribution in [-0.2, 0) is 17.8 Å². The summed E-state index contributed by atoms with van der Waals surface area (Å²) < 4.78 is 5.96. The minimum Gasteiger partial charge on any atom is -0.374 e. The highest BCUT2D eigenvalue weighted by molar-refractivity contribution is 5.63. The Hall–Kier alpha value is -2.46. The molecule has 1 atom stereocenters. The van der Waals surface area contributed by atoms with E-state index in [1.54, 1.807) is 0 Å². The van der Waals surface area contributed by atoms with Crippen LogP contribution in [0.15, 0.2) is 84.9 Å².